The van der Waals surface area contributed by atoms with Crippen LogP contribution in [0.25, 0.3) is 0 Å². The van der Waals surface area contributed by atoms with Crippen LogP contribution in [0.15, 0.2) is 53.0 Å². The predicted molar refractivity (Wildman–Crippen MR) is 162 cm³/mol. The van der Waals surface area contributed by atoms with E-state index in [1.807, 2.05) is 63.3 Å². The molecule has 43 heavy (non-hydrogen) atoms. The summed E-state index contributed by atoms with van der Waals surface area (Å²) in [6.45, 7) is 7.41. The van der Waals surface area contributed by atoms with Crippen LogP contribution in [0.1, 0.15) is 46.1 Å². The molecule has 0 aromatic heterocycles. The number of esters is 1. The molecule has 4 aliphatic heterocycles. The minimum absolute atomic E-state index is 0.127. The molecule has 11 heteroatoms. The van der Waals surface area contributed by atoms with Gasteiger partial charge in [0, 0.05) is 23.0 Å². The van der Waals surface area contributed by atoms with Crippen LogP contribution in [-0.2, 0) is 35.1 Å². The second-order valence-corrected chi connectivity index (χ2v) is 13.7. The number of aliphatic hydroxyl groups is 1. The summed E-state index contributed by atoms with van der Waals surface area (Å²) in [4.78, 5) is 58.6. The number of allylic oxidation sites excluding steroid dienone is 1. The highest BCUT2D eigenvalue weighted by atomic mass is 79.9. The molecule has 2 N–H and O–H groups in total. The second-order valence-electron chi connectivity index (χ2n) is 12.8. The fourth-order valence-corrected chi connectivity index (χ4v) is 7.49. The number of hydrogen-bond donors (Lipinski definition) is 2. The molecule has 2 saturated heterocycles. The van der Waals surface area contributed by atoms with Crippen LogP contribution in [0.4, 0.5) is 0 Å². The van der Waals surface area contributed by atoms with E-state index in [-0.39, 0.29) is 37.9 Å². The second kappa shape index (κ2) is 12.2. The highest BCUT2D eigenvalue weighted by molar-refractivity contribution is 9.11. The fraction of sp³-hybridized carbons (Fsp3) is 0.562. The zero-order valence-electron chi connectivity index (χ0n) is 25.0. The highest BCUT2D eigenvalue weighted by Gasteiger charge is 2.75. The maximum Gasteiger partial charge on any atom is 0.313 e. The standard InChI is InChI=1S/C32H40BrN3O7/c1-19-17-34-23(38)13-9-6-10-14-35(31(2,3)4)29(40)27-32-16-22(33)26(43-32)24(30(41)42-19)25(32)28(39)36(27)21(18-37)15-20-11-7-5-8-12-20/h5-8,10-12,16,19,21,24-27,37H,9,13-15,17-18H2,1-4H3,(H,34,38)/b10-6-/t19-,21-,24+,25-,26+,27+,32-/m1/s1. The lowest BCUT2D eigenvalue weighted by atomic mass is 9.74. The molecular weight excluding hydrogens is 618 g/mol. The van der Waals surface area contributed by atoms with Gasteiger partial charge in [-0.1, -0.05) is 58.4 Å². The van der Waals surface area contributed by atoms with E-state index >= 15 is 0 Å². The smallest absolute Gasteiger partial charge is 0.313 e. The first kappa shape index (κ1) is 31.4. The summed E-state index contributed by atoms with van der Waals surface area (Å²) in [6, 6.07) is 7.60. The van der Waals surface area contributed by atoms with Gasteiger partial charge in [-0.3, -0.25) is 19.2 Å². The molecule has 0 aliphatic carbocycles. The number of carbonyl (C=O) groups excluding carboxylic acids is 4. The SMILES string of the molecule is C[C@@H]1CNC(=O)CC/C=C\CN(C(C)(C)C)C(=O)[C@@H]2N([C@@H](CO)Cc3ccccc3)C(=O)[C@H]3[C@H](C(=O)O1)[C@H]1O[C@@]23C=C1Br. The van der Waals surface area contributed by atoms with Crippen molar-refractivity contribution < 1.29 is 33.8 Å². The van der Waals surface area contributed by atoms with Crippen molar-refractivity contribution in [2.45, 2.75) is 82.4 Å². The maximum atomic E-state index is 14.8. The minimum atomic E-state index is -1.44. The molecule has 10 nitrogen and oxygen atoms in total. The molecule has 0 saturated carbocycles. The molecule has 5 bridgehead atoms. The van der Waals surface area contributed by atoms with Gasteiger partial charge in [0.2, 0.25) is 17.7 Å². The molecule has 2 fully saturated rings. The van der Waals surface area contributed by atoms with E-state index in [9.17, 15) is 24.3 Å². The summed E-state index contributed by atoms with van der Waals surface area (Å²) in [5, 5.41) is 13.5. The molecule has 232 valence electrons. The molecule has 4 aliphatic rings. The summed E-state index contributed by atoms with van der Waals surface area (Å²) in [7, 11) is 0. The summed E-state index contributed by atoms with van der Waals surface area (Å²) < 4.78 is 12.9. The van der Waals surface area contributed by atoms with Crippen LogP contribution in [0.3, 0.4) is 0 Å². The average molecular weight is 659 g/mol. The van der Waals surface area contributed by atoms with Crippen molar-refractivity contribution in [1.29, 1.82) is 0 Å². The third-order valence-corrected chi connectivity index (χ3v) is 9.44. The average Bonchev–Trinajstić information content (AvgIpc) is 3.55. The number of nitrogens with zero attached hydrogens (tertiary/aromatic N) is 2. The summed E-state index contributed by atoms with van der Waals surface area (Å²) in [6.07, 6.45) is 5.07. The molecule has 1 spiro atoms. The van der Waals surface area contributed by atoms with Crippen LogP contribution in [0.2, 0.25) is 0 Å². The number of aliphatic hydroxyl groups excluding tert-OH is 1. The van der Waals surface area contributed by atoms with Crippen molar-refractivity contribution in [3.63, 3.8) is 0 Å². The van der Waals surface area contributed by atoms with Crippen molar-refractivity contribution in [1.82, 2.24) is 15.1 Å². The largest absolute Gasteiger partial charge is 0.460 e. The number of benzene rings is 1. The number of ether oxygens (including phenoxy) is 2. The van der Waals surface area contributed by atoms with E-state index in [1.54, 1.807) is 17.9 Å². The van der Waals surface area contributed by atoms with Crippen molar-refractivity contribution in [2.75, 3.05) is 19.7 Å². The Morgan fingerprint density at radius 2 is 1.84 bits per heavy atom. The Bertz CT molecular complexity index is 1330. The van der Waals surface area contributed by atoms with Gasteiger partial charge in [0.25, 0.3) is 0 Å². The van der Waals surface area contributed by atoms with Gasteiger partial charge in [0.1, 0.15) is 29.8 Å². The van der Waals surface area contributed by atoms with E-state index in [0.717, 1.165) is 5.56 Å². The molecule has 5 rings (SSSR count). The third kappa shape index (κ3) is 5.79. The van der Waals surface area contributed by atoms with Crippen molar-refractivity contribution in [3.05, 3.63) is 58.6 Å². The lowest BCUT2D eigenvalue weighted by Gasteiger charge is -2.43. The topological polar surface area (TPSA) is 125 Å². The Morgan fingerprint density at radius 3 is 2.51 bits per heavy atom. The van der Waals surface area contributed by atoms with Crippen LogP contribution in [0.5, 0.6) is 0 Å². The molecule has 7 atom stereocenters. The quantitative estimate of drug-likeness (QED) is 0.377. The first-order valence-electron chi connectivity index (χ1n) is 14.9. The number of fused-ring (bicyclic) bond motifs is 2. The molecule has 0 radical (unpaired) electrons. The van der Waals surface area contributed by atoms with Gasteiger partial charge < -0.3 is 29.7 Å². The Morgan fingerprint density at radius 1 is 1.12 bits per heavy atom. The Hall–Kier alpha value is -3.02. The zero-order chi connectivity index (χ0) is 31.1. The molecule has 1 aromatic carbocycles. The van der Waals surface area contributed by atoms with Gasteiger partial charge in [-0.25, -0.2) is 0 Å². The fourth-order valence-electron chi connectivity index (χ4n) is 6.75. The molecule has 4 heterocycles. The molecule has 3 amide bonds. The van der Waals surface area contributed by atoms with Crippen LogP contribution in [0, 0.1) is 11.8 Å². The van der Waals surface area contributed by atoms with E-state index in [0.29, 0.717) is 17.3 Å². The number of likely N-dealkylation sites (tertiary alicyclic amines) is 1. The number of amides is 3. The van der Waals surface area contributed by atoms with E-state index < -0.39 is 59.1 Å². The number of halogens is 1. The Labute approximate surface area is 260 Å². The first-order valence-corrected chi connectivity index (χ1v) is 15.6. The molecular formula is C32H40BrN3O7. The van der Waals surface area contributed by atoms with Crippen LogP contribution in [-0.4, -0.2) is 93.7 Å². The van der Waals surface area contributed by atoms with E-state index in [1.165, 1.54) is 4.90 Å². The number of cyclic esters (lactones) is 1. The van der Waals surface area contributed by atoms with Crippen molar-refractivity contribution in [3.8, 4) is 0 Å². The number of hydrogen-bond acceptors (Lipinski definition) is 7. The highest BCUT2D eigenvalue weighted by Crippen LogP contribution is 2.59. The Kier molecular flexibility index (Phi) is 8.89. The lowest BCUT2D eigenvalue weighted by Crippen LogP contribution is -2.61. The predicted octanol–water partition coefficient (Wildman–Crippen LogP) is 2.49. The van der Waals surface area contributed by atoms with Crippen LogP contribution >= 0.6 is 15.9 Å². The van der Waals surface area contributed by atoms with Gasteiger partial charge >= 0.3 is 5.97 Å². The van der Waals surface area contributed by atoms with E-state index in [2.05, 4.69) is 21.2 Å². The minimum Gasteiger partial charge on any atom is -0.460 e. The van der Waals surface area contributed by atoms with Crippen LogP contribution < -0.4 is 5.32 Å². The molecule has 1 aromatic rings. The van der Waals surface area contributed by atoms with Gasteiger partial charge in [-0.05, 0) is 52.2 Å². The summed E-state index contributed by atoms with van der Waals surface area (Å²) in [5.74, 6) is -3.62. The monoisotopic (exact) mass is 657 g/mol. The molecule has 0 unspecified atom stereocenters. The number of rotatable bonds is 4. The first-order chi connectivity index (χ1) is 20.4. The van der Waals surface area contributed by atoms with Gasteiger partial charge in [0.05, 0.1) is 25.1 Å². The lowest BCUT2D eigenvalue weighted by molar-refractivity contribution is -0.159. The zero-order valence-corrected chi connectivity index (χ0v) is 26.6. The summed E-state index contributed by atoms with van der Waals surface area (Å²) in [5.41, 5.74) is -1.19. The third-order valence-electron chi connectivity index (χ3n) is 8.76. The van der Waals surface area contributed by atoms with Crippen molar-refractivity contribution in [2.24, 2.45) is 11.8 Å². The maximum absolute atomic E-state index is 14.8. The normalized spacial score (nSPS) is 33.2. The van der Waals surface area contributed by atoms with Crippen molar-refractivity contribution >= 4 is 39.6 Å². The number of nitrogens with one attached hydrogen (secondary N) is 1. The summed E-state index contributed by atoms with van der Waals surface area (Å²) >= 11 is 3.56. The number of carbonyl (C=O) groups is 4. The van der Waals surface area contributed by atoms with Gasteiger partial charge in [-0.2, -0.15) is 0 Å². The van der Waals surface area contributed by atoms with E-state index in [4.69, 9.17) is 9.47 Å². The Balaban J connectivity index is 1.63. The van der Waals surface area contributed by atoms with Gasteiger partial charge in [-0.15, -0.1) is 0 Å². The van der Waals surface area contributed by atoms with Gasteiger partial charge in [0.15, 0.2) is 0 Å².